The second kappa shape index (κ2) is 6.82. The molecule has 1 aromatic carbocycles. The van der Waals surface area contributed by atoms with Crippen LogP contribution in [-0.2, 0) is 19.3 Å². The van der Waals surface area contributed by atoms with Crippen LogP contribution in [0.15, 0.2) is 18.2 Å². The molecule has 0 bridgehead atoms. The Balaban J connectivity index is 1.59. The van der Waals surface area contributed by atoms with Gasteiger partial charge in [-0.05, 0) is 67.6 Å². The third-order valence-electron chi connectivity index (χ3n) is 5.92. The van der Waals surface area contributed by atoms with Crippen LogP contribution in [-0.4, -0.2) is 22.2 Å². The molecule has 1 fully saturated rings. The van der Waals surface area contributed by atoms with Gasteiger partial charge in [0.15, 0.2) is 0 Å². The maximum atomic E-state index is 9.52. The molecule has 2 aromatic rings. The van der Waals surface area contributed by atoms with E-state index in [-0.39, 0.29) is 12.1 Å². The molecule has 4 rings (SSSR count). The lowest BCUT2D eigenvalue weighted by molar-refractivity contribution is 0.198. The number of nitrogens with two attached hydrogens (primary N) is 1. The summed E-state index contributed by atoms with van der Waals surface area (Å²) in [6.45, 7) is 2.33. The van der Waals surface area contributed by atoms with Crippen LogP contribution in [0, 0.1) is 0 Å². The van der Waals surface area contributed by atoms with E-state index in [1.54, 1.807) is 0 Å². The van der Waals surface area contributed by atoms with Gasteiger partial charge in [0.2, 0.25) is 0 Å². The highest BCUT2D eigenvalue weighted by molar-refractivity contribution is 7.15. The molecule has 134 valence electrons. The second-order valence-corrected chi connectivity index (χ2v) is 8.95. The molecule has 2 aliphatic rings. The zero-order valence-corrected chi connectivity index (χ0v) is 15.9. The Morgan fingerprint density at radius 2 is 2.24 bits per heavy atom. The Kier molecular flexibility index (Phi) is 4.69. The first-order valence-electron chi connectivity index (χ1n) is 9.63. The summed E-state index contributed by atoms with van der Waals surface area (Å²) in [5.74, 6) is 0.491. The number of benzene rings is 1. The average Bonchev–Trinajstić information content (AvgIpc) is 3.23. The lowest BCUT2D eigenvalue weighted by Crippen LogP contribution is -2.40. The molecule has 1 heterocycles. The van der Waals surface area contributed by atoms with Crippen molar-refractivity contribution in [2.45, 2.75) is 69.7 Å². The Labute approximate surface area is 154 Å². The third kappa shape index (κ3) is 3.27. The molecule has 0 aliphatic heterocycles. The van der Waals surface area contributed by atoms with Crippen molar-refractivity contribution < 1.29 is 5.11 Å². The van der Waals surface area contributed by atoms with E-state index < -0.39 is 0 Å². The van der Waals surface area contributed by atoms with Gasteiger partial charge in [-0.1, -0.05) is 31.5 Å². The summed E-state index contributed by atoms with van der Waals surface area (Å²) in [4.78, 5) is 6.29. The minimum atomic E-state index is -0.375. The summed E-state index contributed by atoms with van der Waals surface area (Å²) in [5.41, 5.74) is 11.5. The van der Waals surface area contributed by atoms with Gasteiger partial charge in [0, 0.05) is 5.54 Å². The number of nitrogens with zero attached hydrogens (tertiary/aromatic N) is 1. The number of fused-ring (bicyclic) bond motifs is 3. The first-order chi connectivity index (χ1) is 12.1. The molecule has 25 heavy (non-hydrogen) atoms. The highest BCUT2D eigenvalue weighted by Crippen LogP contribution is 2.43. The van der Waals surface area contributed by atoms with Crippen LogP contribution in [0.1, 0.15) is 66.8 Å². The number of aliphatic hydroxyl groups is 1. The summed E-state index contributed by atoms with van der Waals surface area (Å²) in [5, 5.41) is 10.8. The maximum Gasteiger partial charge on any atom is 0.0934 e. The highest BCUT2D eigenvalue weighted by Gasteiger charge is 2.36. The molecule has 3 nitrogen and oxygen atoms in total. The van der Waals surface area contributed by atoms with Gasteiger partial charge in [-0.15, -0.1) is 11.3 Å². The number of aryl methyl sites for hydroxylation is 3. The second-order valence-electron chi connectivity index (χ2n) is 7.86. The SMILES string of the molecule is CCCCc1nc2c(s1)-c1ccc([C@H]3CC[C@](N)(CO)C3)cc1CC2. The standard InChI is InChI=1S/C21H28N2OS/c1-2-3-4-19-23-18-8-6-15-11-14(5-7-17(15)20(18)25-19)16-9-10-21(22,12-16)13-24/h5,7,11,16,24H,2-4,6,8-10,12-13,22H2,1H3/t16-,21+/m0/s1. The average molecular weight is 357 g/mol. The van der Waals surface area contributed by atoms with Crippen LogP contribution >= 0.6 is 11.3 Å². The van der Waals surface area contributed by atoms with Gasteiger partial charge in [0.05, 0.1) is 22.2 Å². The van der Waals surface area contributed by atoms with E-state index in [0.29, 0.717) is 5.92 Å². The monoisotopic (exact) mass is 356 g/mol. The normalized spacial score (nSPS) is 25.0. The Hall–Kier alpha value is -1.23. The van der Waals surface area contributed by atoms with Crippen LogP contribution < -0.4 is 5.73 Å². The Morgan fingerprint density at radius 3 is 3.00 bits per heavy atom. The number of thiazole rings is 1. The summed E-state index contributed by atoms with van der Waals surface area (Å²) in [6.07, 6.45) is 8.63. The fraction of sp³-hybridized carbons (Fsp3) is 0.571. The predicted molar refractivity (Wildman–Crippen MR) is 104 cm³/mol. The van der Waals surface area contributed by atoms with Crippen molar-refractivity contribution in [3.63, 3.8) is 0 Å². The topological polar surface area (TPSA) is 59.1 Å². The number of aromatic nitrogens is 1. The number of hydrogen-bond donors (Lipinski definition) is 2. The lowest BCUT2D eigenvalue weighted by Gasteiger charge is -2.22. The fourth-order valence-corrected chi connectivity index (χ4v) is 5.56. The van der Waals surface area contributed by atoms with Gasteiger partial charge < -0.3 is 10.8 Å². The lowest BCUT2D eigenvalue weighted by atomic mass is 9.87. The van der Waals surface area contributed by atoms with Gasteiger partial charge in [0.25, 0.3) is 0 Å². The van der Waals surface area contributed by atoms with Crippen LogP contribution in [0.3, 0.4) is 0 Å². The molecule has 4 heteroatoms. The number of unbranched alkanes of at least 4 members (excludes halogenated alkanes) is 1. The van der Waals surface area contributed by atoms with Crippen LogP contribution in [0.4, 0.5) is 0 Å². The molecule has 0 spiro atoms. The van der Waals surface area contributed by atoms with Crippen LogP contribution in [0.2, 0.25) is 0 Å². The summed E-state index contributed by atoms with van der Waals surface area (Å²) in [6, 6.07) is 6.99. The van der Waals surface area contributed by atoms with Gasteiger partial charge in [-0.25, -0.2) is 4.98 Å². The predicted octanol–water partition coefficient (Wildman–Crippen LogP) is 4.21. The first kappa shape index (κ1) is 17.2. The van der Waals surface area contributed by atoms with Crippen molar-refractivity contribution in [3.8, 4) is 10.4 Å². The highest BCUT2D eigenvalue weighted by atomic mass is 32.1. The van der Waals surface area contributed by atoms with Crippen molar-refractivity contribution in [1.82, 2.24) is 4.98 Å². The summed E-state index contributed by atoms with van der Waals surface area (Å²) in [7, 11) is 0. The van der Waals surface area contributed by atoms with E-state index in [1.807, 2.05) is 11.3 Å². The molecule has 0 saturated heterocycles. The van der Waals surface area contributed by atoms with E-state index >= 15 is 0 Å². The van der Waals surface area contributed by atoms with Crippen molar-refractivity contribution in [2.24, 2.45) is 5.73 Å². The van der Waals surface area contributed by atoms with Crippen molar-refractivity contribution in [3.05, 3.63) is 40.0 Å². The minimum absolute atomic E-state index is 0.0964. The fourth-order valence-electron chi connectivity index (χ4n) is 4.35. The van der Waals surface area contributed by atoms with Crippen LogP contribution in [0.25, 0.3) is 10.4 Å². The minimum Gasteiger partial charge on any atom is -0.394 e. The van der Waals surface area contributed by atoms with Crippen molar-refractivity contribution in [2.75, 3.05) is 6.61 Å². The molecule has 2 atom stereocenters. The van der Waals surface area contributed by atoms with E-state index in [0.717, 1.165) is 38.5 Å². The summed E-state index contributed by atoms with van der Waals surface area (Å²) >= 11 is 1.90. The van der Waals surface area contributed by atoms with E-state index in [4.69, 9.17) is 10.7 Å². The number of hydrogen-bond acceptors (Lipinski definition) is 4. The number of rotatable bonds is 5. The molecule has 1 saturated carbocycles. The smallest absolute Gasteiger partial charge is 0.0934 e. The Bertz CT molecular complexity index is 769. The van der Waals surface area contributed by atoms with E-state index in [1.165, 1.54) is 45.1 Å². The van der Waals surface area contributed by atoms with Gasteiger partial charge in [0.1, 0.15) is 0 Å². The van der Waals surface area contributed by atoms with Gasteiger partial charge in [-0.2, -0.15) is 0 Å². The van der Waals surface area contributed by atoms with Crippen LogP contribution in [0.5, 0.6) is 0 Å². The molecule has 0 amide bonds. The molecular formula is C21H28N2OS. The summed E-state index contributed by atoms with van der Waals surface area (Å²) < 4.78 is 0. The zero-order valence-electron chi connectivity index (χ0n) is 15.1. The molecule has 0 unspecified atom stereocenters. The first-order valence-corrected chi connectivity index (χ1v) is 10.4. The molecule has 3 N–H and O–H groups in total. The maximum absolute atomic E-state index is 9.52. The van der Waals surface area contributed by atoms with Crippen molar-refractivity contribution in [1.29, 1.82) is 0 Å². The molecular weight excluding hydrogens is 328 g/mol. The van der Waals surface area contributed by atoms with Crippen molar-refractivity contribution >= 4 is 11.3 Å². The largest absolute Gasteiger partial charge is 0.394 e. The van der Waals surface area contributed by atoms with E-state index in [2.05, 4.69) is 25.1 Å². The van der Waals surface area contributed by atoms with Gasteiger partial charge in [-0.3, -0.25) is 0 Å². The zero-order chi connectivity index (χ0) is 17.4. The third-order valence-corrected chi connectivity index (χ3v) is 7.11. The van der Waals surface area contributed by atoms with E-state index in [9.17, 15) is 5.11 Å². The number of aliphatic hydroxyl groups excluding tert-OH is 1. The molecule has 0 radical (unpaired) electrons. The molecule has 1 aromatic heterocycles. The quantitative estimate of drug-likeness (QED) is 0.844. The molecule has 2 aliphatic carbocycles. The van der Waals surface area contributed by atoms with Gasteiger partial charge >= 0.3 is 0 Å². The Morgan fingerprint density at radius 1 is 1.36 bits per heavy atom.